The Balaban J connectivity index is 2.04. The van der Waals surface area contributed by atoms with Crippen molar-refractivity contribution in [2.45, 2.75) is 38.6 Å². The summed E-state index contributed by atoms with van der Waals surface area (Å²) in [6.45, 7) is 5.98. The third-order valence-electron chi connectivity index (χ3n) is 3.40. The average molecular weight is 238 g/mol. The van der Waals surface area contributed by atoms with Crippen molar-refractivity contribution in [2.75, 3.05) is 26.8 Å². The zero-order valence-electron chi connectivity index (χ0n) is 10.8. The Kier molecular flexibility index (Phi) is 4.50. The van der Waals surface area contributed by atoms with Crippen molar-refractivity contribution in [3.8, 4) is 0 Å². The first-order valence-electron chi connectivity index (χ1n) is 6.42. The molecule has 96 valence electrons. The largest absolute Gasteiger partial charge is 0.385 e. The van der Waals surface area contributed by atoms with Crippen molar-refractivity contribution in [1.82, 2.24) is 20.1 Å². The quantitative estimate of drug-likeness (QED) is 0.780. The van der Waals surface area contributed by atoms with Crippen molar-refractivity contribution in [3.63, 3.8) is 0 Å². The highest BCUT2D eigenvalue weighted by Crippen LogP contribution is 2.24. The number of aryl methyl sites for hydroxylation is 1. The van der Waals surface area contributed by atoms with Crippen molar-refractivity contribution in [1.29, 1.82) is 0 Å². The van der Waals surface area contributed by atoms with E-state index in [2.05, 4.69) is 20.1 Å². The van der Waals surface area contributed by atoms with E-state index in [9.17, 15) is 0 Å². The topological polar surface area (TPSA) is 52.0 Å². The number of hydrogen-bond acceptors (Lipinski definition) is 4. The Bertz CT molecular complexity index is 344. The van der Waals surface area contributed by atoms with E-state index in [0.717, 1.165) is 38.5 Å². The molecule has 2 rings (SSSR count). The van der Waals surface area contributed by atoms with Gasteiger partial charge in [-0.15, -0.1) is 10.2 Å². The first kappa shape index (κ1) is 12.5. The number of hydrogen-bond donors (Lipinski definition) is 1. The molecule has 0 spiro atoms. The summed E-state index contributed by atoms with van der Waals surface area (Å²) in [4.78, 5) is 0. The van der Waals surface area contributed by atoms with E-state index in [-0.39, 0.29) is 0 Å². The molecular formula is C12H22N4O. The van der Waals surface area contributed by atoms with Crippen LogP contribution in [0, 0.1) is 6.92 Å². The monoisotopic (exact) mass is 238 g/mol. The summed E-state index contributed by atoms with van der Waals surface area (Å²) in [6.07, 6.45) is 3.36. The molecule has 0 amide bonds. The lowest BCUT2D eigenvalue weighted by Crippen LogP contribution is -2.28. The Hall–Kier alpha value is -0.940. The Morgan fingerprint density at radius 2 is 2.12 bits per heavy atom. The molecule has 0 aliphatic carbocycles. The van der Waals surface area contributed by atoms with E-state index < -0.39 is 0 Å². The number of ether oxygens (including phenoxy) is 1. The second kappa shape index (κ2) is 6.12. The predicted molar refractivity (Wildman–Crippen MR) is 66.1 cm³/mol. The summed E-state index contributed by atoms with van der Waals surface area (Å²) in [5, 5.41) is 12.0. The van der Waals surface area contributed by atoms with E-state index in [1.807, 2.05) is 6.92 Å². The van der Waals surface area contributed by atoms with E-state index in [0.29, 0.717) is 5.92 Å². The van der Waals surface area contributed by atoms with Gasteiger partial charge in [-0.05, 0) is 39.3 Å². The van der Waals surface area contributed by atoms with Gasteiger partial charge in [-0.2, -0.15) is 0 Å². The van der Waals surface area contributed by atoms with Crippen LogP contribution in [0.3, 0.4) is 0 Å². The highest BCUT2D eigenvalue weighted by molar-refractivity contribution is 5.02. The lowest BCUT2D eigenvalue weighted by atomic mass is 9.97. The van der Waals surface area contributed by atoms with Crippen LogP contribution in [0.1, 0.15) is 36.8 Å². The molecule has 17 heavy (non-hydrogen) atoms. The molecule has 1 fully saturated rings. The summed E-state index contributed by atoms with van der Waals surface area (Å²) in [6, 6.07) is 0. The van der Waals surface area contributed by atoms with Crippen LogP contribution in [0.2, 0.25) is 0 Å². The van der Waals surface area contributed by atoms with Crippen LogP contribution < -0.4 is 5.32 Å². The minimum Gasteiger partial charge on any atom is -0.385 e. The SMILES string of the molecule is COCCCn1c(C)nnc1C1CCNCC1. The molecule has 0 atom stereocenters. The number of nitrogens with zero attached hydrogens (tertiary/aromatic N) is 3. The average Bonchev–Trinajstić information content (AvgIpc) is 2.73. The molecule has 0 aromatic carbocycles. The molecule has 1 aliphatic heterocycles. The number of methoxy groups -OCH3 is 1. The summed E-state index contributed by atoms with van der Waals surface area (Å²) in [7, 11) is 1.74. The first-order chi connectivity index (χ1) is 8.33. The molecule has 0 unspecified atom stereocenters. The van der Waals surface area contributed by atoms with Crippen LogP contribution in [0.25, 0.3) is 0 Å². The fourth-order valence-corrected chi connectivity index (χ4v) is 2.42. The summed E-state index contributed by atoms with van der Waals surface area (Å²) in [5.74, 6) is 2.76. The number of rotatable bonds is 5. The van der Waals surface area contributed by atoms with Crippen molar-refractivity contribution >= 4 is 0 Å². The molecule has 1 saturated heterocycles. The molecule has 1 aromatic heterocycles. The van der Waals surface area contributed by atoms with Gasteiger partial charge in [-0.1, -0.05) is 0 Å². The van der Waals surface area contributed by atoms with Crippen LogP contribution in [0.15, 0.2) is 0 Å². The lowest BCUT2D eigenvalue weighted by molar-refractivity contribution is 0.189. The minimum absolute atomic E-state index is 0.569. The standard InChI is InChI=1S/C12H22N4O/c1-10-14-15-12(11-4-6-13-7-5-11)16(10)8-3-9-17-2/h11,13H,3-9H2,1-2H3. The molecule has 0 radical (unpaired) electrons. The number of aromatic nitrogens is 3. The van der Waals surface area contributed by atoms with Crippen molar-refractivity contribution in [2.24, 2.45) is 0 Å². The fourth-order valence-electron chi connectivity index (χ4n) is 2.42. The van der Waals surface area contributed by atoms with E-state index >= 15 is 0 Å². The molecular weight excluding hydrogens is 216 g/mol. The van der Waals surface area contributed by atoms with Gasteiger partial charge in [-0.3, -0.25) is 0 Å². The molecule has 0 saturated carbocycles. The van der Waals surface area contributed by atoms with Crippen LogP contribution in [0.5, 0.6) is 0 Å². The second-order valence-corrected chi connectivity index (χ2v) is 4.63. The van der Waals surface area contributed by atoms with Crippen LogP contribution in [0.4, 0.5) is 0 Å². The maximum atomic E-state index is 5.10. The number of nitrogens with one attached hydrogen (secondary N) is 1. The predicted octanol–water partition coefficient (Wildman–Crippen LogP) is 1.09. The normalized spacial score (nSPS) is 17.5. The summed E-state index contributed by atoms with van der Waals surface area (Å²) in [5.41, 5.74) is 0. The van der Waals surface area contributed by atoms with Gasteiger partial charge in [-0.25, -0.2) is 0 Å². The molecule has 1 aromatic rings. The van der Waals surface area contributed by atoms with E-state index in [4.69, 9.17) is 4.74 Å². The fraction of sp³-hybridized carbons (Fsp3) is 0.833. The van der Waals surface area contributed by atoms with Crippen LogP contribution in [-0.4, -0.2) is 41.6 Å². The van der Waals surface area contributed by atoms with Gasteiger partial charge < -0.3 is 14.6 Å². The van der Waals surface area contributed by atoms with Gasteiger partial charge in [0.15, 0.2) is 0 Å². The number of piperidine rings is 1. The third-order valence-corrected chi connectivity index (χ3v) is 3.40. The highest BCUT2D eigenvalue weighted by Gasteiger charge is 2.21. The zero-order valence-corrected chi connectivity index (χ0v) is 10.8. The van der Waals surface area contributed by atoms with Gasteiger partial charge in [0.25, 0.3) is 0 Å². The van der Waals surface area contributed by atoms with Crippen molar-refractivity contribution in [3.05, 3.63) is 11.6 Å². The van der Waals surface area contributed by atoms with Gasteiger partial charge in [0.05, 0.1) is 0 Å². The van der Waals surface area contributed by atoms with Gasteiger partial charge in [0.2, 0.25) is 0 Å². The second-order valence-electron chi connectivity index (χ2n) is 4.63. The third kappa shape index (κ3) is 3.04. The molecule has 5 nitrogen and oxygen atoms in total. The summed E-state index contributed by atoms with van der Waals surface area (Å²) < 4.78 is 7.36. The van der Waals surface area contributed by atoms with Gasteiger partial charge >= 0.3 is 0 Å². The first-order valence-corrected chi connectivity index (χ1v) is 6.42. The van der Waals surface area contributed by atoms with Crippen LogP contribution in [-0.2, 0) is 11.3 Å². The van der Waals surface area contributed by atoms with E-state index in [1.54, 1.807) is 7.11 Å². The Morgan fingerprint density at radius 3 is 2.82 bits per heavy atom. The van der Waals surface area contributed by atoms with Gasteiger partial charge in [0, 0.05) is 26.2 Å². The molecule has 0 bridgehead atoms. The smallest absolute Gasteiger partial charge is 0.136 e. The van der Waals surface area contributed by atoms with Crippen molar-refractivity contribution < 1.29 is 4.74 Å². The zero-order chi connectivity index (χ0) is 12.1. The Labute approximate surface area is 103 Å². The Morgan fingerprint density at radius 1 is 1.35 bits per heavy atom. The van der Waals surface area contributed by atoms with Gasteiger partial charge in [0.1, 0.15) is 11.6 Å². The molecule has 1 N–H and O–H groups in total. The lowest BCUT2D eigenvalue weighted by Gasteiger charge is -2.22. The maximum Gasteiger partial charge on any atom is 0.136 e. The highest BCUT2D eigenvalue weighted by atomic mass is 16.5. The maximum absolute atomic E-state index is 5.10. The summed E-state index contributed by atoms with van der Waals surface area (Å²) >= 11 is 0. The minimum atomic E-state index is 0.569. The molecule has 2 heterocycles. The molecule has 5 heteroatoms. The molecule has 1 aliphatic rings. The van der Waals surface area contributed by atoms with Crippen LogP contribution >= 0.6 is 0 Å². The van der Waals surface area contributed by atoms with E-state index in [1.165, 1.54) is 18.7 Å².